The van der Waals surface area contributed by atoms with Crippen LogP contribution in [-0.2, 0) is 9.59 Å². The molecule has 2 N–H and O–H groups in total. The van der Waals surface area contributed by atoms with Crippen LogP contribution in [0.4, 0.5) is 11.5 Å². The van der Waals surface area contributed by atoms with Gasteiger partial charge in [-0.1, -0.05) is 11.8 Å². The predicted octanol–water partition coefficient (Wildman–Crippen LogP) is 4.23. The minimum absolute atomic E-state index is 0.0825. The first-order chi connectivity index (χ1) is 16.9. The van der Waals surface area contributed by atoms with Crippen LogP contribution in [0.3, 0.4) is 0 Å². The summed E-state index contributed by atoms with van der Waals surface area (Å²) in [7, 11) is 0. The van der Waals surface area contributed by atoms with Crippen molar-refractivity contribution in [2.24, 2.45) is 0 Å². The lowest BCUT2D eigenvalue weighted by atomic mass is 10.1. The van der Waals surface area contributed by atoms with Crippen LogP contribution in [0.1, 0.15) is 23.7 Å². The highest BCUT2D eigenvalue weighted by Gasteiger charge is 2.09. The van der Waals surface area contributed by atoms with Crippen molar-refractivity contribution in [1.29, 1.82) is 0 Å². The number of carbonyl (C=O) groups excluding carboxylic acids is 2. The lowest BCUT2D eigenvalue weighted by Gasteiger charge is -2.13. The van der Waals surface area contributed by atoms with E-state index in [0.717, 1.165) is 39.2 Å². The van der Waals surface area contributed by atoms with Crippen molar-refractivity contribution >= 4 is 34.1 Å². The molecule has 0 atom stereocenters. The number of anilines is 2. The molecule has 4 aromatic rings. The fraction of sp³-hybridized carbons (Fsp3) is 0.148. The second kappa shape index (κ2) is 10.4. The standard InChI is InChI=1S/C27H23N5O3/c1-17-14-21(9-11-24(17)35-25-7-5-12-28-18(25)2)32-26-22-15-20(8-10-23(22)30-16-31-26)6-4-13-29-27(34)19(3)33/h5,7-12,14-16H,13H2,1-3H3,(H,29,34)(H,30,31,32). The zero-order chi connectivity index (χ0) is 24.8. The Kier molecular flexibility index (Phi) is 6.98. The Balaban J connectivity index is 1.53. The molecule has 0 saturated heterocycles. The molecule has 0 radical (unpaired) electrons. The normalized spacial score (nSPS) is 10.3. The Labute approximate surface area is 202 Å². The molecule has 0 saturated carbocycles. The maximum absolute atomic E-state index is 11.3. The van der Waals surface area contributed by atoms with Gasteiger partial charge in [-0.05, 0) is 67.9 Å². The predicted molar refractivity (Wildman–Crippen MR) is 134 cm³/mol. The molecule has 0 aliphatic rings. The van der Waals surface area contributed by atoms with Gasteiger partial charge < -0.3 is 15.4 Å². The molecule has 35 heavy (non-hydrogen) atoms. The molecule has 0 fully saturated rings. The van der Waals surface area contributed by atoms with Crippen LogP contribution in [0.2, 0.25) is 0 Å². The van der Waals surface area contributed by atoms with E-state index in [2.05, 4.69) is 37.4 Å². The molecule has 2 aromatic heterocycles. The average molecular weight is 466 g/mol. The molecule has 0 unspecified atom stereocenters. The topological polar surface area (TPSA) is 106 Å². The van der Waals surface area contributed by atoms with Crippen LogP contribution in [-0.4, -0.2) is 33.2 Å². The summed E-state index contributed by atoms with van der Waals surface area (Å²) in [5, 5.41) is 6.60. The highest BCUT2D eigenvalue weighted by Crippen LogP contribution is 2.30. The number of ketones is 1. The number of fused-ring (bicyclic) bond motifs is 1. The Morgan fingerprint density at radius 1 is 1.00 bits per heavy atom. The fourth-order valence-electron chi connectivity index (χ4n) is 3.30. The summed E-state index contributed by atoms with van der Waals surface area (Å²) in [6.07, 6.45) is 3.24. The van der Waals surface area contributed by atoms with Crippen LogP contribution in [0.25, 0.3) is 10.9 Å². The van der Waals surface area contributed by atoms with Crippen molar-refractivity contribution in [1.82, 2.24) is 20.3 Å². The number of aromatic nitrogens is 3. The highest BCUT2D eigenvalue weighted by atomic mass is 16.5. The van der Waals surface area contributed by atoms with E-state index < -0.39 is 11.7 Å². The van der Waals surface area contributed by atoms with Gasteiger partial charge in [-0.2, -0.15) is 0 Å². The minimum Gasteiger partial charge on any atom is -0.455 e. The molecule has 2 heterocycles. The van der Waals surface area contributed by atoms with Gasteiger partial charge in [-0.3, -0.25) is 14.6 Å². The molecule has 0 bridgehead atoms. The number of pyridine rings is 1. The van der Waals surface area contributed by atoms with Crippen LogP contribution in [0, 0.1) is 25.7 Å². The number of aryl methyl sites for hydroxylation is 2. The largest absolute Gasteiger partial charge is 0.455 e. The van der Waals surface area contributed by atoms with Gasteiger partial charge in [-0.15, -0.1) is 0 Å². The number of amides is 1. The molecular weight excluding hydrogens is 442 g/mol. The number of rotatable bonds is 6. The molecule has 8 nitrogen and oxygen atoms in total. The summed E-state index contributed by atoms with van der Waals surface area (Å²) in [5.41, 5.74) is 4.12. The second-order valence-electron chi connectivity index (χ2n) is 7.79. The van der Waals surface area contributed by atoms with E-state index >= 15 is 0 Å². The molecule has 2 aromatic carbocycles. The van der Waals surface area contributed by atoms with Gasteiger partial charge in [-0.25, -0.2) is 9.97 Å². The minimum atomic E-state index is -0.653. The number of benzene rings is 2. The summed E-state index contributed by atoms with van der Waals surface area (Å²) < 4.78 is 6.03. The van der Waals surface area contributed by atoms with Crippen LogP contribution < -0.4 is 15.4 Å². The third kappa shape index (κ3) is 5.78. The van der Waals surface area contributed by atoms with Crippen LogP contribution in [0.5, 0.6) is 11.5 Å². The van der Waals surface area contributed by atoms with Gasteiger partial charge >= 0.3 is 0 Å². The Morgan fingerprint density at radius 3 is 2.63 bits per heavy atom. The fourth-order valence-corrected chi connectivity index (χ4v) is 3.30. The molecule has 174 valence electrons. The van der Waals surface area contributed by atoms with E-state index in [1.807, 2.05) is 62.4 Å². The highest BCUT2D eigenvalue weighted by molar-refractivity contribution is 6.35. The van der Waals surface area contributed by atoms with Crippen molar-refractivity contribution < 1.29 is 14.3 Å². The van der Waals surface area contributed by atoms with Crippen molar-refractivity contribution in [2.45, 2.75) is 20.8 Å². The van der Waals surface area contributed by atoms with Gasteiger partial charge in [0.15, 0.2) is 0 Å². The van der Waals surface area contributed by atoms with Crippen LogP contribution in [0.15, 0.2) is 61.1 Å². The summed E-state index contributed by atoms with van der Waals surface area (Å²) in [6, 6.07) is 15.1. The molecule has 0 spiro atoms. The van der Waals surface area contributed by atoms with Crippen LogP contribution >= 0.6 is 0 Å². The maximum Gasteiger partial charge on any atom is 0.287 e. The van der Waals surface area contributed by atoms with E-state index in [4.69, 9.17) is 4.74 Å². The number of carbonyl (C=O) groups is 2. The number of Topliss-reactive ketones (excluding diaryl/α,β-unsaturated/α-hetero) is 1. The van der Waals surface area contributed by atoms with Gasteiger partial charge in [0.2, 0.25) is 5.78 Å². The first kappa shape index (κ1) is 23.4. The molecule has 0 aliphatic carbocycles. The smallest absolute Gasteiger partial charge is 0.287 e. The van der Waals surface area contributed by atoms with Gasteiger partial charge in [0.05, 0.1) is 17.8 Å². The maximum atomic E-state index is 11.3. The first-order valence-electron chi connectivity index (χ1n) is 10.9. The molecule has 4 rings (SSSR count). The number of hydrogen-bond donors (Lipinski definition) is 2. The quantitative estimate of drug-likeness (QED) is 0.324. The Morgan fingerprint density at radius 2 is 1.86 bits per heavy atom. The van der Waals surface area contributed by atoms with Gasteiger partial charge in [0.25, 0.3) is 5.91 Å². The summed E-state index contributed by atoms with van der Waals surface area (Å²) in [5.74, 6) is 6.73. The summed E-state index contributed by atoms with van der Waals surface area (Å²) in [6.45, 7) is 5.17. The Bertz CT molecular complexity index is 1490. The van der Waals surface area contributed by atoms with E-state index in [-0.39, 0.29) is 6.54 Å². The molecule has 0 aliphatic heterocycles. The molecule has 1 amide bonds. The molecule has 8 heteroatoms. The summed E-state index contributed by atoms with van der Waals surface area (Å²) >= 11 is 0. The van der Waals surface area contributed by atoms with Gasteiger partial charge in [0, 0.05) is 29.8 Å². The van der Waals surface area contributed by atoms with Crippen molar-refractivity contribution in [3.8, 4) is 23.3 Å². The number of hydrogen-bond acceptors (Lipinski definition) is 7. The number of nitrogens with one attached hydrogen (secondary N) is 2. The zero-order valence-electron chi connectivity index (χ0n) is 19.5. The van der Waals surface area contributed by atoms with Crippen molar-refractivity contribution in [2.75, 3.05) is 11.9 Å². The SMILES string of the molecule is CC(=O)C(=O)NCC#Cc1ccc2ncnc(Nc3ccc(Oc4cccnc4C)c(C)c3)c2c1. The van der Waals surface area contributed by atoms with E-state index in [1.54, 1.807) is 6.20 Å². The third-order valence-electron chi connectivity index (χ3n) is 5.14. The number of ether oxygens (including phenoxy) is 1. The monoisotopic (exact) mass is 465 g/mol. The van der Waals surface area contributed by atoms with E-state index in [0.29, 0.717) is 11.6 Å². The summed E-state index contributed by atoms with van der Waals surface area (Å²) in [4.78, 5) is 35.3. The first-order valence-corrected chi connectivity index (χ1v) is 10.9. The zero-order valence-corrected chi connectivity index (χ0v) is 19.5. The lowest BCUT2D eigenvalue weighted by molar-refractivity contribution is -0.136. The van der Waals surface area contributed by atoms with E-state index in [9.17, 15) is 9.59 Å². The Hall–Kier alpha value is -4.77. The van der Waals surface area contributed by atoms with Gasteiger partial charge in [0.1, 0.15) is 23.6 Å². The third-order valence-corrected chi connectivity index (χ3v) is 5.14. The van der Waals surface area contributed by atoms with E-state index in [1.165, 1.54) is 13.3 Å². The average Bonchev–Trinajstić information content (AvgIpc) is 2.85. The second-order valence-corrected chi connectivity index (χ2v) is 7.79. The molecular formula is C27H23N5O3. The number of nitrogens with zero attached hydrogens (tertiary/aromatic N) is 3. The van der Waals surface area contributed by atoms with Crippen molar-refractivity contribution in [3.63, 3.8) is 0 Å². The lowest BCUT2D eigenvalue weighted by Crippen LogP contribution is -2.29. The van der Waals surface area contributed by atoms with Crippen molar-refractivity contribution in [3.05, 3.63) is 77.9 Å².